The zero-order valence-corrected chi connectivity index (χ0v) is 8.84. The molecule has 0 aromatic heterocycles. The first-order valence-corrected chi connectivity index (χ1v) is 4.58. The molecule has 0 fully saturated rings. The number of hydrogen-bond acceptors (Lipinski definition) is 2. The lowest BCUT2D eigenvalue weighted by molar-refractivity contribution is 0.340. The second kappa shape index (κ2) is 4.77. The second-order valence-corrected chi connectivity index (χ2v) is 3.68. The van der Waals surface area contributed by atoms with Gasteiger partial charge in [0.15, 0.2) is 11.6 Å². The number of rotatable bonds is 3. The first kappa shape index (κ1) is 10.7. The fourth-order valence-corrected chi connectivity index (χ4v) is 0.958. The van der Waals surface area contributed by atoms with Gasteiger partial charge in [0, 0.05) is 4.48 Å². The van der Waals surface area contributed by atoms with Gasteiger partial charge in [-0.15, -0.1) is 0 Å². The summed E-state index contributed by atoms with van der Waals surface area (Å²) in [6.07, 6.45) is 0. The van der Waals surface area contributed by atoms with E-state index in [1.54, 1.807) is 0 Å². The van der Waals surface area contributed by atoms with E-state index in [2.05, 4.69) is 22.5 Å². The van der Waals surface area contributed by atoms with E-state index in [-0.39, 0.29) is 17.9 Å². The van der Waals surface area contributed by atoms with E-state index in [9.17, 15) is 4.39 Å². The molecule has 1 rings (SSSR count). The lowest BCUT2D eigenvalue weighted by Crippen LogP contribution is -1.98. The molecular formula is C10H7BrFNO. The first-order chi connectivity index (χ1) is 6.63. The van der Waals surface area contributed by atoms with E-state index in [1.807, 2.05) is 6.07 Å². The van der Waals surface area contributed by atoms with Gasteiger partial charge in [0.1, 0.15) is 6.61 Å². The van der Waals surface area contributed by atoms with Crippen molar-refractivity contribution < 1.29 is 9.13 Å². The van der Waals surface area contributed by atoms with Crippen LogP contribution in [0.25, 0.3) is 0 Å². The highest BCUT2D eigenvalue weighted by Gasteiger charge is 2.04. The van der Waals surface area contributed by atoms with E-state index in [0.717, 1.165) is 6.07 Å². The lowest BCUT2D eigenvalue weighted by atomic mass is 10.2. The summed E-state index contributed by atoms with van der Waals surface area (Å²) in [6, 6.07) is 5.88. The average molecular weight is 256 g/mol. The number of nitrogens with zero attached hydrogens (tertiary/aromatic N) is 1. The van der Waals surface area contributed by atoms with Crippen LogP contribution in [0.1, 0.15) is 5.56 Å². The SMILES string of the molecule is C=C(Br)COc1ccc(C#N)cc1F. The van der Waals surface area contributed by atoms with E-state index >= 15 is 0 Å². The molecule has 0 radical (unpaired) electrons. The predicted molar refractivity (Wildman–Crippen MR) is 54.7 cm³/mol. The number of ether oxygens (including phenoxy) is 1. The third-order valence-corrected chi connectivity index (χ3v) is 1.67. The summed E-state index contributed by atoms with van der Waals surface area (Å²) in [5.74, 6) is -0.428. The summed E-state index contributed by atoms with van der Waals surface area (Å²) in [6.45, 7) is 3.75. The maximum atomic E-state index is 13.2. The molecule has 0 unspecified atom stereocenters. The first-order valence-electron chi connectivity index (χ1n) is 3.79. The minimum absolute atomic E-state index is 0.115. The Labute approximate surface area is 89.7 Å². The van der Waals surface area contributed by atoms with Gasteiger partial charge in [-0.2, -0.15) is 5.26 Å². The summed E-state index contributed by atoms with van der Waals surface area (Å²) in [5.41, 5.74) is 0.271. The Morgan fingerprint density at radius 2 is 2.36 bits per heavy atom. The number of nitriles is 1. The minimum Gasteiger partial charge on any atom is -0.485 e. The standard InChI is InChI=1S/C10H7BrFNO/c1-7(11)6-14-10-3-2-8(5-13)4-9(10)12/h2-4H,1,6H2. The van der Waals surface area contributed by atoms with Gasteiger partial charge >= 0.3 is 0 Å². The molecule has 1 aromatic rings. The Morgan fingerprint density at radius 3 is 2.86 bits per heavy atom. The molecule has 0 aliphatic rings. The highest BCUT2D eigenvalue weighted by molar-refractivity contribution is 9.11. The molecule has 0 amide bonds. The quantitative estimate of drug-likeness (QED) is 0.832. The lowest BCUT2D eigenvalue weighted by Gasteiger charge is -2.05. The predicted octanol–water partition coefficient (Wildman–Crippen LogP) is 2.98. The van der Waals surface area contributed by atoms with Crippen LogP contribution in [0.3, 0.4) is 0 Å². The fourth-order valence-electron chi connectivity index (χ4n) is 0.844. The van der Waals surface area contributed by atoms with Crippen molar-refractivity contribution in [3.63, 3.8) is 0 Å². The Balaban J connectivity index is 2.80. The van der Waals surface area contributed by atoms with E-state index in [4.69, 9.17) is 10.00 Å². The molecule has 0 aliphatic carbocycles. The van der Waals surface area contributed by atoms with Crippen LogP contribution in [0.15, 0.2) is 29.3 Å². The molecule has 0 aliphatic heterocycles. The van der Waals surface area contributed by atoms with Crippen LogP contribution >= 0.6 is 15.9 Å². The molecule has 0 saturated carbocycles. The van der Waals surface area contributed by atoms with Gasteiger partial charge in [-0.3, -0.25) is 0 Å². The molecule has 0 bridgehead atoms. The van der Waals surface area contributed by atoms with Gasteiger partial charge in [-0.05, 0) is 18.2 Å². The molecule has 0 heterocycles. The smallest absolute Gasteiger partial charge is 0.166 e. The van der Waals surface area contributed by atoms with Crippen molar-refractivity contribution in [2.75, 3.05) is 6.61 Å². The van der Waals surface area contributed by atoms with Crippen molar-refractivity contribution in [1.29, 1.82) is 5.26 Å². The molecule has 0 N–H and O–H groups in total. The van der Waals surface area contributed by atoms with Crippen LogP contribution in [0, 0.1) is 17.1 Å². The summed E-state index contributed by atoms with van der Waals surface area (Å²) >= 11 is 3.09. The van der Waals surface area contributed by atoms with Gasteiger partial charge in [0.2, 0.25) is 0 Å². The maximum Gasteiger partial charge on any atom is 0.166 e. The monoisotopic (exact) mass is 255 g/mol. The third-order valence-electron chi connectivity index (χ3n) is 1.45. The van der Waals surface area contributed by atoms with E-state index in [0.29, 0.717) is 4.48 Å². The molecular weight excluding hydrogens is 249 g/mol. The van der Waals surface area contributed by atoms with Crippen LogP contribution < -0.4 is 4.74 Å². The van der Waals surface area contributed by atoms with Crippen LogP contribution in [0.2, 0.25) is 0 Å². The number of benzene rings is 1. The molecule has 4 heteroatoms. The zero-order valence-electron chi connectivity index (χ0n) is 7.26. The Hall–Kier alpha value is -1.34. The van der Waals surface area contributed by atoms with Crippen LogP contribution in [-0.2, 0) is 0 Å². The molecule has 0 spiro atoms. The molecule has 14 heavy (non-hydrogen) atoms. The zero-order chi connectivity index (χ0) is 10.6. The van der Waals surface area contributed by atoms with Gasteiger partial charge in [0.25, 0.3) is 0 Å². The Kier molecular flexibility index (Phi) is 3.66. The van der Waals surface area contributed by atoms with E-state index in [1.165, 1.54) is 12.1 Å². The second-order valence-electron chi connectivity index (χ2n) is 2.56. The van der Waals surface area contributed by atoms with Crippen molar-refractivity contribution in [3.05, 3.63) is 40.6 Å². The van der Waals surface area contributed by atoms with Crippen molar-refractivity contribution in [2.24, 2.45) is 0 Å². The van der Waals surface area contributed by atoms with Crippen LogP contribution in [0.4, 0.5) is 4.39 Å². The van der Waals surface area contributed by atoms with E-state index < -0.39 is 5.82 Å². The highest BCUT2D eigenvalue weighted by atomic mass is 79.9. The summed E-state index contributed by atoms with van der Waals surface area (Å²) in [5, 5.41) is 8.49. The van der Waals surface area contributed by atoms with Gasteiger partial charge in [0.05, 0.1) is 11.6 Å². The molecule has 1 aromatic carbocycles. The van der Waals surface area contributed by atoms with Crippen LogP contribution in [-0.4, -0.2) is 6.61 Å². The summed E-state index contributed by atoms with van der Waals surface area (Å²) in [7, 11) is 0. The molecule has 0 atom stereocenters. The molecule has 2 nitrogen and oxygen atoms in total. The number of halogens is 2. The number of hydrogen-bond donors (Lipinski definition) is 0. The van der Waals surface area contributed by atoms with Crippen molar-refractivity contribution in [3.8, 4) is 11.8 Å². The minimum atomic E-state index is -0.544. The highest BCUT2D eigenvalue weighted by Crippen LogP contribution is 2.19. The van der Waals surface area contributed by atoms with Crippen molar-refractivity contribution >= 4 is 15.9 Å². The van der Waals surface area contributed by atoms with Crippen LogP contribution in [0.5, 0.6) is 5.75 Å². The third kappa shape index (κ3) is 2.86. The van der Waals surface area contributed by atoms with Gasteiger partial charge < -0.3 is 4.74 Å². The topological polar surface area (TPSA) is 33.0 Å². The maximum absolute atomic E-state index is 13.2. The molecule has 0 saturated heterocycles. The fraction of sp³-hybridized carbons (Fsp3) is 0.100. The Bertz CT molecular complexity index is 398. The molecule has 72 valence electrons. The van der Waals surface area contributed by atoms with Gasteiger partial charge in [-0.1, -0.05) is 22.5 Å². The average Bonchev–Trinajstić information content (AvgIpc) is 2.15. The largest absolute Gasteiger partial charge is 0.485 e. The van der Waals surface area contributed by atoms with Crippen molar-refractivity contribution in [1.82, 2.24) is 0 Å². The van der Waals surface area contributed by atoms with Crippen molar-refractivity contribution in [2.45, 2.75) is 0 Å². The normalized spacial score (nSPS) is 9.21. The summed E-state index contributed by atoms with van der Waals surface area (Å²) < 4.78 is 18.9. The van der Waals surface area contributed by atoms with Gasteiger partial charge in [-0.25, -0.2) is 4.39 Å². The Morgan fingerprint density at radius 1 is 1.64 bits per heavy atom. The summed E-state index contributed by atoms with van der Waals surface area (Å²) in [4.78, 5) is 0.